The van der Waals surface area contributed by atoms with Crippen molar-refractivity contribution >= 4 is 12.3 Å². The lowest BCUT2D eigenvalue weighted by atomic mass is 9.57. The van der Waals surface area contributed by atoms with Crippen LogP contribution < -0.4 is 0 Å². The Morgan fingerprint density at radius 1 is 1.29 bits per heavy atom. The second kappa shape index (κ2) is 4.78. The first-order valence-corrected chi connectivity index (χ1v) is 8.07. The molecule has 0 aromatic carbocycles. The number of hydrogen-bond acceptors (Lipinski definition) is 5. The summed E-state index contributed by atoms with van der Waals surface area (Å²) in [7, 11) is 0. The minimum atomic E-state index is -0.449. The Balaban J connectivity index is 1.61. The van der Waals surface area contributed by atoms with Crippen LogP contribution in [0.1, 0.15) is 32.6 Å². The smallest absolute Gasteiger partial charge is 0.309 e. The zero-order valence-electron chi connectivity index (χ0n) is 12.3. The van der Waals surface area contributed by atoms with Gasteiger partial charge in [0.05, 0.1) is 19.1 Å². The number of rotatable bonds is 1. The van der Waals surface area contributed by atoms with Gasteiger partial charge >= 0.3 is 5.97 Å². The molecule has 5 heteroatoms. The lowest BCUT2D eigenvalue weighted by Gasteiger charge is -2.48. The summed E-state index contributed by atoms with van der Waals surface area (Å²) in [4.78, 5) is 23.8. The molecular weight excluding hydrogens is 272 g/mol. The number of esters is 1. The van der Waals surface area contributed by atoms with Gasteiger partial charge in [-0.05, 0) is 31.6 Å². The van der Waals surface area contributed by atoms with Crippen molar-refractivity contribution in [3.8, 4) is 0 Å². The molecule has 2 saturated heterocycles. The van der Waals surface area contributed by atoms with Crippen LogP contribution in [0.25, 0.3) is 0 Å². The van der Waals surface area contributed by atoms with Crippen molar-refractivity contribution in [2.75, 3.05) is 13.2 Å². The molecule has 0 radical (unpaired) electrons. The number of cyclic esters (lactones) is 1. The molecule has 4 aliphatic rings. The highest BCUT2D eigenvalue weighted by Crippen LogP contribution is 2.55. The fourth-order valence-corrected chi connectivity index (χ4v) is 5.27. The van der Waals surface area contributed by atoms with Crippen LogP contribution in [-0.4, -0.2) is 37.4 Å². The molecule has 5 nitrogen and oxygen atoms in total. The van der Waals surface area contributed by atoms with Crippen molar-refractivity contribution in [3.63, 3.8) is 0 Å². The van der Waals surface area contributed by atoms with Gasteiger partial charge in [-0.15, -0.1) is 0 Å². The van der Waals surface area contributed by atoms with Gasteiger partial charge in [-0.3, -0.25) is 4.79 Å². The largest absolute Gasteiger partial charge is 0.462 e. The average Bonchev–Trinajstić information content (AvgIpc) is 3.03. The maximum absolute atomic E-state index is 12.1. The van der Waals surface area contributed by atoms with Crippen molar-refractivity contribution in [1.82, 2.24) is 0 Å². The van der Waals surface area contributed by atoms with E-state index in [0.717, 1.165) is 32.0 Å². The van der Waals surface area contributed by atoms with Crippen molar-refractivity contribution < 1.29 is 23.8 Å². The van der Waals surface area contributed by atoms with E-state index in [-0.39, 0.29) is 29.8 Å². The van der Waals surface area contributed by atoms with Crippen molar-refractivity contribution in [2.45, 2.75) is 44.5 Å². The molecule has 2 heterocycles. The molecule has 2 saturated carbocycles. The molecular formula is C16H22O5. The van der Waals surface area contributed by atoms with Crippen LogP contribution in [0, 0.1) is 29.6 Å². The third-order valence-corrected chi connectivity index (χ3v) is 6.11. The molecule has 5 unspecified atom stereocenters. The molecule has 2 aliphatic carbocycles. The number of hydrogen-bond donors (Lipinski definition) is 0. The van der Waals surface area contributed by atoms with Gasteiger partial charge in [0.2, 0.25) is 0 Å². The molecule has 0 N–H and O–H groups in total. The van der Waals surface area contributed by atoms with E-state index in [1.165, 1.54) is 0 Å². The predicted octanol–water partition coefficient (Wildman–Crippen LogP) is 1.54. The van der Waals surface area contributed by atoms with Crippen LogP contribution >= 0.6 is 0 Å². The average molecular weight is 294 g/mol. The molecule has 2 aliphatic heterocycles. The van der Waals surface area contributed by atoms with Gasteiger partial charge in [0.1, 0.15) is 12.4 Å². The molecule has 1 spiro atoms. The Morgan fingerprint density at radius 3 is 2.76 bits per heavy atom. The summed E-state index contributed by atoms with van der Waals surface area (Å²) in [6, 6.07) is 0. The summed E-state index contributed by atoms with van der Waals surface area (Å²) in [5.74, 6) is -0.0103. The van der Waals surface area contributed by atoms with Gasteiger partial charge in [0.25, 0.3) is 0 Å². The van der Waals surface area contributed by atoms with Gasteiger partial charge in [-0.1, -0.05) is 0 Å². The molecule has 0 amide bonds. The highest BCUT2D eigenvalue weighted by Gasteiger charge is 2.57. The Kier molecular flexibility index (Phi) is 3.12. The molecule has 116 valence electrons. The van der Waals surface area contributed by atoms with Crippen LogP contribution in [-0.2, 0) is 23.8 Å². The predicted molar refractivity (Wildman–Crippen MR) is 72.2 cm³/mol. The zero-order chi connectivity index (χ0) is 14.6. The third-order valence-electron chi connectivity index (χ3n) is 6.11. The normalized spacial score (nSPS) is 47.8. The van der Waals surface area contributed by atoms with Crippen LogP contribution in [0.4, 0.5) is 0 Å². The van der Waals surface area contributed by atoms with Gasteiger partial charge in [0, 0.05) is 24.7 Å². The van der Waals surface area contributed by atoms with E-state index in [2.05, 4.69) is 0 Å². The number of ether oxygens (including phenoxy) is 3. The van der Waals surface area contributed by atoms with Gasteiger partial charge in [0.15, 0.2) is 5.79 Å². The molecule has 0 bridgehead atoms. The second-order valence-electron chi connectivity index (χ2n) is 7.05. The Morgan fingerprint density at radius 2 is 2.05 bits per heavy atom. The quantitative estimate of drug-likeness (QED) is 0.542. The number of fused-ring (bicyclic) bond motifs is 2. The summed E-state index contributed by atoms with van der Waals surface area (Å²) >= 11 is 0. The topological polar surface area (TPSA) is 61.8 Å². The number of aldehydes is 1. The van der Waals surface area contributed by atoms with Crippen LogP contribution in [0.2, 0.25) is 0 Å². The first kappa shape index (κ1) is 13.7. The van der Waals surface area contributed by atoms with E-state index in [4.69, 9.17) is 14.2 Å². The standard InChI is InChI=1S/C16H22O5/c1-9-14-12(15(18)21-9)6-10-7-16(19-4-5-20-16)3-2-11(10)13(14)8-17/h8-14H,2-7H2,1H3/t9-,10?,11?,12?,13?,14?/m1/s1. The molecule has 0 aromatic rings. The number of carbonyl (C=O) groups is 2. The highest BCUT2D eigenvalue weighted by atomic mass is 16.7. The second-order valence-corrected chi connectivity index (χ2v) is 7.05. The number of carbonyl (C=O) groups excluding carboxylic acids is 2. The summed E-state index contributed by atoms with van der Waals surface area (Å²) < 4.78 is 17.1. The maximum Gasteiger partial charge on any atom is 0.309 e. The van der Waals surface area contributed by atoms with E-state index < -0.39 is 5.79 Å². The first-order chi connectivity index (χ1) is 10.1. The SMILES string of the molecule is C[C@H]1OC(=O)C2CC3CC4(CCC3C(C=O)C21)OCCO4. The molecule has 6 atom stereocenters. The summed E-state index contributed by atoms with van der Waals surface area (Å²) in [5, 5.41) is 0. The Labute approximate surface area is 124 Å². The molecule has 0 aromatic heterocycles. The van der Waals surface area contributed by atoms with Gasteiger partial charge in [-0.2, -0.15) is 0 Å². The Hall–Kier alpha value is -0.940. The van der Waals surface area contributed by atoms with Gasteiger partial charge < -0.3 is 19.0 Å². The first-order valence-electron chi connectivity index (χ1n) is 8.07. The third kappa shape index (κ3) is 1.97. The van der Waals surface area contributed by atoms with Crippen LogP contribution in [0.5, 0.6) is 0 Å². The minimum absolute atomic E-state index is 0.0612. The van der Waals surface area contributed by atoms with Gasteiger partial charge in [-0.25, -0.2) is 0 Å². The van der Waals surface area contributed by atoms with E-state index in [9.17, 15) is 9.59 Å². The Bertz CT molecular complexity index is 456. The van der Waals surface area contributed by atoms with Crippen molar-refractivity contribution in [1.29, 1.82) is 0 Å². The van der Waals surface area contributed by atoms with Crippen molar-refractivity contribution in [3.05, 3.63) is 0 Å². The molecule has 4 fully saturated rings. The summed E-state index contributed by atoms with van der Waals surface area (Å²) in [6.07, 6.45) is 4.37. The lowest BCUT2D eigenvalue weighted by Crippen LogP contribution is -2.49. The fraction of sp³-hybridized carbons (Fsp3) is 0.875. The fourth-order valence-electron chi connectivity index (χ4n) is 5.27. The maximum atomic E-state index is 12.1. The highest BCUT2D eigenvalue weighted by molar-refractivity contribution is 5.76. The zero-order valence-corrected chi connectivity index (χ0v) is 12.3. The van der Waals surface area contributed by atoms with E-state index >= 15 is 0 Å². The molecule has 4 rings (SSSR count). The van der Waals surface area contributed by atoms with Crippen molar-refractivity contribution in [2.24, 2.45) is 29.6 Å². The summed E-state index contributed by atoms with van der Waals surface area (Å²) in [6.45, 7) is 3.23. The van der Waals surface area contributed by atoms with E-state index in [0.29, 0.717) is 25.0 Å². The minimum Gasteiger partial charge on any atom is -0.462 e. The van der Waals surface area contributed by atoms with Crippen LogP contribution in [0.15, 0.2) is 0 Å². The lowest BCUT2D eigenvalue weighted by molar-refractivity contribution is -0.206. The molecule has 21 heavy (non-hydrogen) atoms. The monoisotopic (exact) mass is 294 g/mol. The summed E-state index contributed by atoms with van der Waals surface area (Å²) in [5.41, 5.74) is 0. The van der Waals surface area contributed by atoms with E-state index in [1.807, 2.05) is 6.92 Å². The van der Waals surface area contributed by atoms with E-state index in [1.54, 1.807) is 0 Å². The van der Waals surface area contributed by atoms with Crippen LogP contribution in [0.3, 0.4) is 0 Å².